The van der Waals surface area contributed by atoms with Crippen molar-refractivity contribution in [3.05, 3.63) is 28.2 Å². The minimum absolute atomic E-state index is 0.0591. The molecule has 1 N–H and O–H groups in total. The van der Waals surface area contributed by atoms with Crippen LogP contribution in [0.3, 0.4) is 0 Å². The number of amides is 1. The third-order valence-corrected chi connectivity index (χ3v) is 2.47. The zero-order valence-electron chi connectivity index (χ0n) is 8.12. The van der Waals surface area contributed by atoms with Gasteiger partial charge < -0.3 is 10.1 Å². The van der Waals surface area contributed by atoms with Crippen molar-refractivity contribution in [1.82, 2.24) is 5.32 Å². The van der Waals surface area contributed by atoms with Gasteiger partial charge in [0.05, 0.1) is 0 Å². The lowest BCUT2D eigenvalue weighted by atomic mass is 10.2. The van der Waals surface area contributed by atoms with E-state index in [1.165, 1.54) is 7.05 Å². The van der Waals surface area contributed by atoms with Gasteiger partial charge in [0.25, 0.3) is 5.91 Å². The van der Waals surface area contributed by atoms with E-state index in [4.69, 9.17) is 4.74 Å². The van der Waals surface area contributed by atoms with Gasteiger partial charge in [-0.3, -0.25) is 9.59 Å². The highest BCUT2D eigenvalue weighted by Gasteiger charge is 2.03. The highest BCUT2D eigenvalue weighted by Crippen LogP contribution is 2.20. The summed E-state index contributed by atoms with van der Waals surface area (Å²) in [5.41, 5.74) is 0.490. The average Bonchev–Trinajstić information content (AvgIpc) is 2.27. The molecule has 0 aliphatic carbocycles. The normalized spacial score (nSPS) is 9.47. The van der Waals surface area contributed by atoms with E-state index in [-0.39, 0.29) is 12.5 Å². The molecule has 0 atom stereocenters. The number of carbonyl (C=O) groups excluding carboxylic acids is 2. The Morgan fingerprint density at radius 2 is 2.33 bits per heavy atom. The first-order valence-corrected chi connectivity index (χ1v) is 5.04. The molecule has 0 spiro atoms. The Balaban J connectivity index is 2.70. The van der Waals surface area contributed by atoms with Crippen molar-refractivity contribution in [2.45, 2.75) is 0 Å². The van der Waals surface area contributed by atoms with E-state index in [9.17, 15) is 9.59 Å². The molecule has 0 bridgehead atoms. The van der Waals surface area contributed by atoms with Gasteiger partial charge in [-0.05, 0) is 18.2 Å². The summed E-state index contributed by atoms with van der Waals surface area (Å²) in [6, 6.07) is 4.95. The van der Waals surface area contributed by atoms with Crippen molar-refractivity contribution in [3.8, 4) is 5.75 Å². The van der Waals surface area contributed by atoms with Crippen molar-refractivity contribution >= 4 is 28.1 Å². The second-order valence-electron chi connectivity index (χ2n) is 2.76. The van der Waals surface area contributed by atoms with Crippen LogP contribution in [0.4, 0.5) is 0 Å². The number of hydrogen-bond donors (Lipinski definition) is 1. The number of hydrogen-bond acceptors (Lipinski definition) is 3. The van der Waals surface area contributed by atoms with Crippen molar-refractivity contribution in [1.29, 1.82) is 0 Å². The standard InChI is InChI=1S/C10H10BrNO3/c1-12-10(14)6-15-8-2-3-9(11)7(4-8)5-13/h2-5H,6H2,1H3,(H,12,14). The van der Waals surface area contributed by atoms with Crippen molar-refractivity contribution < 1.29 is 14.3 Å². The number of nitrogens with one attached hydrogen (secondary N) is 1. The molecule has 5 heteroatoms. The van der Waals surface area contributed by atoms with E-state index in [1.807, 2.05) is 0 Å². The van der Waals surface area contributed by atoms with Crippen LogP contribution in [0, 0.1) is 0 Å². The van der Waals surface area contributed by atoms with Crippen molar-refractivity contribution in [3.63, 3.8) is 0 Å². The molecular formula is C10H10BrNO3. The van der Waals surface area contributed by atoms with Gasteiger partial charge >= 0.3 is 0 Å². The Kier molecular flexibility index (Phi) is 4.30. The van der Waals surface area contributed by atoms with Gasteiger partial charge in [0.1, 0.15) is 5.75 Å². The molecule has 0 fully saturated rings. The largest absolute Gasteiger partial charge is 0.484 e. The number of likely N-dealkylation sites (N-methyl/N-ethyl adjacent to an activating group) is 1. The van der Waals surface area contributed by atoms with E-state index >= 15 is 0 Å². The van der Waals surface area contributed by atoms with E-state index in [0.29, 0.717) is 15.8 Å². The Hall–Kier alpha value is -1.36. The summed E-state index contributed by atoms with van der Waals surface area (Å²) in [5.74, 6) is 0.273. The minimum Gasteiger partial charge on any atom is -0.484 e. The summed E-state index contributed by atoms with van der Waals surface area (Å²) >= 11 is 3.22. The molecule has 0 aliphatic rings. The van der Waals surface area contributed by atoms with Crippen molar-refractivity contribution in [2.24, 2.45) is 0 Å². The molecule has 1 rings (SSSR count). The molecule has 4 nitrogen and oxygen atoms in total. The first-order chi connectivity index (χ1) is 7.17. The van der Waals surface area contributed by atoms with Crippen molar-refractivity contribution in [2.75, 3.05) is 13.7 Å². The highest BCUT2D eigenvalue weighted by molar-refractivity contribution is 9.10. The third-order valence-electron chi connectivity index (χ3n) is 1.74. The zero-order chi connectivity index (χ0) is 11.3. The lowest BCUT2D eigenvalue weighted by Gasteiger charge is -2.06. The van der Waals surface area contributed by atoms with Crippen LogP contribution in [0.1, 0.15) is 10.4 Å². The maximum absolute atomic E-state index is 10.9. The minimum atomic E-state index is -0.217. The van der Waals surface area contributed by atoms with Gasteiger partial charge in [0, 0.05) is 17.1 Å². The summed E-state index contributed by atoms with van der Waals surface area (Å²) in [5, 5.41) is 2.43. The molecule has 0 saturated carbocycles. The monoisotopic (exact) mass is 271 g/mol. The Morgan fingerprint density at radius 1 is 1.60 bits per heavy atom. The van der Waals surface area contributed by atoms with E-state index in [0.717, 1.165) is 6.29 Å². The SMILES string of the molecule is CNC(=O)COc1ccc(Br)c(C=O)c1. The molecule has 0 heterocycles. The molecule has 1 amide bonds. The van der Waals surface area contributed by atoms with Gasteiger partial charge in [-0.25, -0.2) is 0 Å². The van der Waals surface area contributed by atoms with Crippen LogP contribution in [0.2, 0.25) is 0 Å². The number of carbonyl (C=O) groups is 2. The smallest absolute Gasteiger partial charge is 0.257 e. The molecular weight excluding hydrogens is 262 g/mol. The molecule has 80 valence electrons. The Morgan fingerprint density at radius 3 is 2.93 bits per heavy atom. The summed E-state index contributed by atoms with van der Waals surface area (Å²) in [7, 11) is 1.53. The maximum Gasteiger partial charge on any atom is 0.257 e. The van der Waals surface area contributed by atoms with E-state index < -0.39 is 0 Å². The molecule has 0 aromatic heterocycles. The Labute approximate surface area is 95.7 Å². The molecule has 0 aliphatic heterocycles. The molecule has 1 aromatic carbocycles. The first kappa shape index (κ1) is 11.7. The molecule has 0 unspecified atom stereocenters. The predicted molar refractivity (Wildman–Crippen MR) is 59.1 cm³/mol. The average molecular weight is 272 g/mol. The summed E-state index contributed by atoms with van der Waals surface area (Å²) in [6.45, 7) is -0.0591. The number of ether oxygens (including phenoxy) is 1. The second kappa shape index (κ2) is 5.50. The summed E-state index contributed by atoms with van der Waals surface area (Å²) in [6.07, 6.45) is 0.719. The van der Waals surface area contributed by atoms with E-state index in [1.54, 1.807) is 18.2 Å². The zero-order valence-corrected chi connectivity index (χ0v) is 9.71. The van der Waals surface area contributed by atoms with Crippen LogP contribution >= 0.6 is 15.9 Å². The summed E-state index contributed by atoms with van der Waals surface area (Å²) in [4.78, 5) is 21.5. The first-order valence-electron chi connectivity index (χ1n) is 4.25. The quantitative estimate of drug-likeness (QED) is 0.842. The second-order valence-corrected chi connectivity index (χ2v) is 3.62. The van der Waals surface area contributed by atoms with Crippen LogP contribution in [0.15, 0.2) is 22.7 Å². The molecule has 15 heavy (non-hydrogen) atoms. The number of benzene rings is 1. The molecule has 1 aromatic rings. The van der Waals surface area contributed by atoms with E-state index in [2.05, 4.69) is 21.2 Å². The van der Waals surface area contributed by atoms with Crippen LogP contribution in [-0.4, -0.2) is 25.8 Å². The Bertz CT molecular complexity index is 379. The summed E-state index contributed by atoms with van der Waals surface area (Å²) < 4.78 is 5.86. The number of aldehydes is 1. The van der Waals surface area contributed by atoms with Crippen LogP contribution in [0.25, 0.3) is 0 Å². The fourth-order valence-electron chi connectivity index (χ4n) is 0.923. The van der Waals surface area contributed by atoms with Gasteiger partial charge in [0.2, 0.25) is 0 Å². The topological polar surface area (TPSA) is 55.4 Å². The third kappa shape index (κ3) is 3.36. The van der Waals surface area contributed by atoms with Crippen LogP contribution in [0.5, 0.6) is 5.75 Å². The molecule has 0 saturated heterocycles. The lowest BCUT2D eigenvalue weighted by molar-refractivity contribution is -0.122. The van der Waals surface area contributed by atoms with Gasteiger partial charge in [-0.1, -0.05) is 15.9 Å². The fraction of sp³-hybridized carbons (Fsp3) is 0.200. The number of halogens is 1. The van der Waals surface area contributed by atoms with Crippen LogP contribution in [-0.2, 0) is 4.79 Å². The van der Waals surface area contributed by atoms with Crippen LogP contribution < -0.4 is 10.1 Å². The predicted octanol–water partition coefficient (Wildman–Crippen LogP) is 1.39. The van der Waals surface area contributed by atoms with Gasteiger partial charge in [-0.15, -0.1) is 0 Å². The maximum atomic E-state index is 10.9. The highest BCUT2D eigenvalue weighted by atomic mass is 79.9. The van der Waals surface area contributed by atoms with Gasteiger partial charge in [-0.2, -0.15) is 0 Å². The molecule has 0 radical (unpaired) electrons. The van der Waals surface area contributed by atoms with Gasteiger partial charge in [0.15, 0.2) is 12.9 Å². The number of rotatable bonds is 4. The lowest BCUT2D eigenvalue weighted by Crippen LogP contribution is -2.24. The fourth-order valence-corrected chi connectivity index (χ4v) is 1.26.